The first-order valence-corrected chi connectivity index (χ1v) is 12.2. The molecule has 0 radical (unpaired) electrons. The second-order valence-corrected chi connectivity index (χ2v) is 8.63. The van der Waals surface area contributed by atoms with Gasteiger partial charge in [0.05, 0.1) is 19.6 Å². The molecule has 3 rings (SSSR count). The molecule has 1 saturated heterocycles. The maximum atomic E-state index is 11.2. The molecule has 0 aromatic heterocycles. The summed E-state index contributed by atoms with van der Waals surface area (Å²) in [6, 6.07) is 18.7. The normalized spacial score (nSPS) is 16.4. The molecule has 3 N–H and O–H groups in total. The summed E-state index contributed by atoms with van der Waals surface area (Å²) in [5, 5.41) is 24.8. The molecule has 0 saturated carbocycles. The lowest BCUT2D eigenvalue weighted by atomic mass is 9.89. The Bertz CT molecular complexity index is 1010. The number of likely N-dealkylation sites (tertiary alicyclic amines) is 1. The summed E-state index contributed by atoms with van der Waals surface area (Å²) < 4.78 is 11.3. The van der Waals surface area contributed by atoms with E-state index >= 15 is 0 Å². The number of carboxylic acid groups (broad SMARTS) is 3. The second-order valence-electron chi connectivity index (χ2n) is 8.63. The number of aliphatic carboxylic acids is 3. The minimum Gasteiger partial charge on any atom is -0.497 e. The molecular weight excluding hydrogens is 478 g/mol. The molecule has 9 nitrogen and oxygen atoms in total. The Kier molecular flexibility index (Phi) is 12.9. The molecule has 200 valence electrons. The largest absolute Gasteiger partial charge is 0.497 e. The zero-order valence-corrected chi connectivity index (χ0v) is 21.0. The lowest BCUT2D eigenvalue weighted by Crippen LogP contribution is -2.40. The van der Waals surface area contributed by atoms with Crippen LogP contribution in [-0.2, 0) is 19.1 Å². The van der Waals surface area contributed by atoms with Crippen molar-refractivity contribution >= 4 is 17.9 Å². The monoisotopic (exact) mass is 513 g/mol. The van der Waals surface area contributed by atoms with Crippen molar-refractivity contribution in [3.05, 3.63) is 77.9 Å². The lowest BCUT2D eigenvalue weighted by molar-refractivity contribution is -0.143. The fourth-order valence-corrected chi connectivity index (χ4v) is 4.17. The van der Waals surface area contributed by atoms with Crippen molar-refractivity contribution in [3.8, 4) is 5.75 Å². The van der Waals surface area contributed by atoms with Crippen LogP contribution in [0.15, 0.2) is 66.7 Å². The van der Waals surface area contributed by atoms with Gasteiger partial charge in [-0.1, -0.05) is 42.5 Å². The van der Waals surface area contributed by atoms with Crippen LogP contribution in [0.4, 0.5) is 0 Å². The molecule has 2 unspecified atom stereocenters. The number of ether oxygens (including phenoxy) is 2. The van der Waals surface area contributed by atoms with Crippen LogP contribution in [0.1, 0.15) is 36.3 Å². The van der Waals surface area contributed by atoms with Crippen molar-refractivity contribution < 1.29 is 39.2 Å². The highest BCUT2D eigenvalue weighted by atomic mass is 16.5. The average Bonchev–Trinajstić information content (AvgIpc) is 2.90. The number of carboxylic acids is 3. The summed E-state index contributed by atoms with van der Waals surface area (Å²) in [4.78, 5) is 32.5. The number of hydrogen-bond acceptors (Lipinski definition) is 6. The van der Waals surface area contributed by atoms with Gasteiger partial charge in [-0.2, -0.15) is 0 Å². The predicted octanol–water partition coefficient (Wildman–Crippen LogP) is 3.74. The molecule has 37 heavy (non-hydrogen) atoms. The maximum absolute atomic E-state index is 11.2. The summed E-state index contributed by atoms with van der Waals surface area (Å²) in [5.41, 5.74) is 2.49. The van der Waals surface area contributed by atoms with Gasteiger partial charge in [-0.05, 0) is 49.1 Å². The Balaban J connectivity index is 0.000000521. The molecule has 0 aliphatic carbocycles. The molecule has 1 heterocycles. The lowest BCUT2D eigenvalue weighted by Gasteiger charge is -2.30. The highest BCUT2D eigenvalue weighted by molar-refractivity contribution is 5.89. The standard InChI is InChI=1S/C24H31NO4.C4H4O4/c1-28-22-11-5-9-20(17-22)23(19-7-3-2-4-8-19)12-15-29-16-14-25-13-6-10-21(18-25)24(26)27;5-3(6)1-2-4(7)8/h2-5,7-9,11,17,21,23H,6,10,12-16,18H2,1H3,(H,26,27);1-2H,(H,5,6)(H,7,8)/b;2-1+. The van der Waals surface area contributed by atoms with E-state index < -0.39 is 17.9 Å². The highest BCUT2D eigenvalue weighted by Crippen LogP contribution is 2.30. The minimum atomic E-state index is -1.26. The quantitative estimate of drug-likeness (QED) is 0.287. The molecule has 1 fully saturated rings. The first-order valence-electron chi connectivity index (χ1n) is 12.2. The van der Waals surface area contributed by atoms with E-state index in [0.29, 0.717) is 31.9 Å². The van der Waals surface area contributed by atoms with Gasteiger partial charge in [0.15, 0.2) is 0 Å². The average molecular weight is 514 g/mol. The SMILES string of the molecule is COc1cccc(C(CCOCCN2CCCC(C(=O)O)C2)c2ccccc2)c1.O=C(O)/C=C/C(=O)O. The van der Waals surface area contributed by atoms with Gasteiger partial charge >= 0.3 is 17.9 Å². The fourth-order valence-electron chi connectivity index (χ4n) is 4.17. The first-order chi connectivity index (χ1) is 17.8. The number of hydrogen-bond donors (Lipinski definition) is 3. The van der Waals surface area contributed by atoms with Crippen LogP contribution >= 0.6 is 0 Å². The second kappa shape index (κ2) is 16.1. The van der Waals surface area contributed by atoms with Crippen LogP contribution in [0.25, 0.3) is 0 Å². The van der Waals surface area contributed by atoms with Crippen LogP contribution in [-0.4, -0.2) is 78.1 Å². The van der Waals surface area contributed by atoms with E-state index in [1.165, 1.54) is 11.1 Å². The summed E-state index contributed by atoms with van der Waals surface area (Å²) in [6.07, 6.45) is 3.73. The molecule has 2 atom stereocenters. The third-order valence-electron chi connectivity index (χ3n) is 6.02. The molecule has 2 aromatic carbocycles. The zero-order valence-electron chi connectivity index (χ0n) is 21.0. The van der Waals surface area contributed by atoms with Gasteiger partial charge in [0.2, 0.25) is 0 Å². The molecule has 0 spiro atoms. The van der Waals surface area contributed by atoms with Crippen molar-refractivity contribution in [2.24, 2.45) is 5.92 Å². The van der Waals surface area contributed by atoms with Crippen LogP contribution < -0.4 is 4.74 Å². The summed E-state index contributed by atoms with van der Waals surface area (Å²) >= 11 is 0. The number of piperidine rings is 1. The van der Waals surface area contributed by atoms with Crippen molar-refractivity contribution in [1.82, 2.24) is 4.90 Å². The Morgan fingerprint density at radius 1 is 0.973 bits per heavy atom. The van der Waals surface area contributed by atoms with E-state index in [0.717, 1.165) is 38.1 Å². The topological polar surface area (TPSA) is 134 Å². The summed E-state index contributed by atoms with van der Waals surface area (Å²) in [5.74, 6) is -2.32. The Morgan fingerprint density at radius 2 is 1.65 bits per heavy atom. The molecule has 0 amide bonds. The van der Waals surface area contributed by atoms with Gasteiger partial charge in [0.25, 0.3) is 0 Å². The Labute approximate surface area is 216 Å². The number of nitrogens with zero attached hydrogens (tertiary/aromatic N) is 1. The fraction of sp³-hybridized carbons (Fsp3) is 0.393. The molecule has 0 bridgehead atoms. The number of benzene rings is 2. The molecule has 9 heteroatoms. The van der Waals surface area contributed by atoms with Crippen LogP contribution in [0, 0.1) is 5.92 Å². The van der Waals surface area contributed by atoms with E-state index in [2.05, 4.69) is 41.3 Å². The molecule has 1 aliphatic rings. The molecule has 2 aromatic rings. The molecular formula is C28H35NO8. The smallest absolute Gasteiger partial charge is 0.328 e. The van der Waals surface area contributed by atoms with Crippen molar-refractivity contribution in [2.75, 3.05) is 40.0 Å². The number of methoxy groups -OCH3 is 1. The van der Waals surface area contributed by atoms with Crippen LogP contribution in [0.3, 0.4) is 0 Å². The van der Waals surface area contributed by atoms with E-state index in [4.69, 9.17) is 19.7 Å². The Morgan fingerprint density at radius 3 is 2.27 bits per heavy atom. The van der Waals surface area contributed by atoms with Crippen molar-refractivity contribution in [2.45, 2.75) is 25.2 Å². The van der Waals surface area contributed by atoms with Crippen molar-refractivity contribution in [3.63, 3.8) is 0 Å². The van der Waals surface area contributed by atoms with Gasteiger partial charge < -0.3 is 29.7 Å². The van der Waals surface area contributed by atoms with Gasteiger partial charge in [0.1, 0.15) is 5.75 Å². The highest BCUT2D eigenvalue weighted by Gasteiger charge is 2.25. The van der Waals surface area contributed by atoms with E-state index in [-0.39, 0.29) is 11.8 Å². The van der Waals surface area contributed by atoms with E-state index in [9.17, 15) is 19.5 Å². The van der Waals surface area contributed by atoms with Crippen LogP contribution in [0.2, 0.25) is 0 Å². The Hall–Kier alpha value is -3.69. The molecule has 1 aliphatic heterocycles. The van der Waals surface area contributed by atoms with Gasteiger partial charge in [-0.3, -0.25) is 4.79 Å². The maximum Gasteiger partial charge on any atom is 0.328 e. The predicted molar refractivity (Wildman–Crippen MR) is 138 cm³/mol. The third kappa shape index (κ3) is 11.3. The van der Waals surface area contributed by atoms with Gasteiger partial charge in [-0.25, -0.2) is 9.59 Å². The number of carbonyl (C=O) groups is 3. The summed E-state index contributed by atoms with van der Waals surface area (Å²) in [7, 11) is 1.69. The van der Waals surface area contributed by atoms with Gasteiger partial charge in [0, 0.05) is 37.8 Å². The van der Waals surface area contributed by atoms with E-state index in [1.807, 2.05) is 18.2 Å². The summed E-state index contributed by atoms with van der Waals surface area (Å²) in [6.45, 7) is 3.68. The van der Waals surface area contributed by atoms with Crippen LogP contribution in [0.5, 0.6) is 5.75 Å². The van der Waals surface area contributed by atoms with Crippen molar-refractivity contribution in [1.29, 1.82) is 0 Å². The first kappa shape index (κ1) is 29.5. The number of rotatable bonds is 12. The van der Waals surface area contributed by atoms with E-state index in [1.54, 1.807) is 7.11 Å². The third-order valence-corrected chi connectivity index (χ3v) is 6.02. The zero-order chi connectivity index (χ0) is 27.0. The minimum absolute atomic E-state index is 0.237. The van der Waals surface area contributed by atoms with Gasteiger partial charge in [-0.15, -0.1) is 0 Å².